The summed E-state index contributed by atoms with van der Waals surface area (Å²) in [5, 5.41) is 21.9. The molecule has 9 heteroatoms. The third-order valence-electron chi connectivity index (χ3n) is 2.20. The van der Waals surface area contributed by atoms with Crippen molar-refractivity contribution in [3.63, 3.8) is 0 Å². The number of allylic oxidation sites excluding steroid dienone is 1. The zero-order valence-electron chi connectivity index (χ0n) is 9.98. The predicted octanol–water partition coefficient (Wildman–Crippen LogP) is 2.41. The zero-order valence-corrected chi connectivity index (χ0v) is 10.7. The van der Waals surface area contributed by atoms with Crippen molar-refractivity contribution < 1.29 is 19.6 Å². The summed E-state index contributed by atoms with van der Waals surface area (Å²) >= 11 is 5.26. The second kappa shape index (κ2) is 7.19. The number of alkyl halides is 1. The predicted molar refractivity (Wildman–Crippen MR) is 69.1 cm³/mol. The van der Waals surface area contributed by atoms with Crippen LogP contribution >= 0.6 is 11.6 Å². The lowest BCUT2D eigenvalue weighted by molar-refractivity contribution is -0.384. The second-order valence-corrected chi connectivity index (χ2v) is 3.79. The number of aliphatic hydroxyl groups is 1. The molecule has 106 valence electrons. The van der Waals surface area contributed by atoms with Crippen LogP contribution in [0, 0.1) is 15.0 Å². The maximum absolute atomic E-state index is 11.4. The molecule has 0 radical (unpaired) electrons. The number of halogens is 1. The Bertz CT molecular complexity index is 555. The van der Waals surface area contributed by atoms with E-state index >= 15 is 0 Å². The van der Waals surface area contributed by atoms with Gasteiger partial charge < -0.3 is 9.84 Å². The number of benzene rings is 1. The fourth-order valence-electron chi connectivity index (χ4n) is 1.20. The number of esters is 1. The van der Waals surface area contributed by atoms with Crippen LogP contribution in [0.15, 0.2) is 40.9 Å². The summed E-state index contributed by atoms with van der Waals surface area (Å²) in [4.78, 5) is 31.7. The topological polar surface area (TPSA) is 119 Å². The molecule has 1 aromatic carbocycles. The molecular weight excluding hydrogens is 292 g/mol. The van der Waals surface area contributed by atoms with E-state index < -0.39 is 28.2 Å². The largest absolute Gasteiger partial charge is 0.508 e. The lowest BCUT2D eigenvalue weighted by Crippen LogP contribution is -2.09. The van der Waals surface area contributed by atoms with Gasteiger partial charge in [0.15, 0.2) is 0 Å². The highest BCUT2D eigenvalue weighted by Gasteiger charge is 2.18. The van der Waals surface area contributed by atoms with Gasteiger partial charge in [-0.05, 0) is 22.9 Å². The summed E-state index contributed by atoms with van der Waals surface area (Å²) in [7, 11) is 0. The number of carbonyl (C=O) groups is 1. The molecule has 0 amide bonds. The van der Waals surface area contributed by atoms with Crippen LogP contribution < -0.4 is 0 Å². The Morgan fingerprint density at radius 2 is 2.00 bits per heavy atom. The number of hydrogen-bond donors (Lipinski definition) is 1. The molecule has 1 rings (SSSR count). The van der Waals surface area contributed by atoms with E-state index in [0.29, 0.717) is 5.56 Å². The average Bonchev–Trinajstić information content (AvgIpc) is 2.46. The summed E-state index contributed by atoms with van der Waals surface area (Å²) in [6.07, 6.45) is 0. The Balaban J connectivity index is 2.69. The number of nitro groups is 1. The van der Waals surface area contributed by atoms with E-state index in [9.17, 15) is 19.8 Å². The Morgan fingerprint density at radius 3 is 2.45 bits per heavy atom. The van der Waals surface area contributed by atoms with Gasteiger partial charge in [-0.25, -0.2) is 4.79 Å². The zero-order chi connectivity index (χ0) is 15.1. The molecule has 0 aliphatic carbocycles. The first-order valence-corrected chi connectivity index (χ1v) is 5.75. The number of aliphatic hydroxyl groups excluding tert-OH is 1. The van der Waals surface area contributed by atoms with Gasteiger partial charge in [-0.2, -0.15) is 0 Å². The first-order chi connectivity index (χ1) is 9.49. The number of ether oxygens (including phenoxy) is 1. The first kappa shape index (κ1) is 15.6. The van der Waals surface area contributed by atoms with Gasteiger partial charge in [-0.1, -0.05) is 0 Å². The molecule has 0 heterocycles. The van der Waals surface area contributed by atoms with Crippen molar-refractivity contribution in [3.05, 3.63) is 56.3 Å². The Morgan fingerprint density at radius 1 is 1.40 bits per heavy atom. The quantitative estimate of drug-likeness (QED) is 0.164. The fourth-order valence-corrected chi connectivity index (χ4v) is 1.33. The van der Waals surface area contributed by atoms with Crippen LogP contribution in [0.25, 0.3) is 0 Å². The van der Waals surface area contributed by atoms with Crippen LogP contribution in [0.2, 0.25) is 0 Å². The molecule has 20 heavy (non-hydrogen) atoms. The van der Waals surface area contributed by atoms with Crippen LogP contribution in [-0.2, 0) is 16.1 Å². The van der Waals surface area contributed by atoms with E-state index in [1.165, 1.54) is 24.3 Å². The minimum Gasteiger partial charge on any atom is -0.508 e. The summed E-state index contributed by atoms with van der Waals surface area (Å²) in [6, 6.07) is 5.28. The standard InChI is InChI=1S/C11H9ClN2O6/c12-5-9(15)10(13-17)11(16)20-6-7-1-3-8(4-2-7)14(18)19/h1-4,15H,5-6H2. The normalized spacial score (nSPS) is 11.4. The van der Waals surface area contributed by atoms with Gasteiger partial charge in [0.2, 0.25) is 5.70 Å². The van der Waals surface area contributed by atoms with Crippen molar-refractivity contribution in [3.8, 4) is 0 Å². The van der Waals surface area contributed by atoms with E-state index in [0.717, 1.165) is 0 Å². The molecule has 0 fully saturated rings. The summed E-state index contributed by atoms with van der Waals surface area (Å²) in [5.41, 5.74) is -0.434. The van der Waals surface area contributed by atoms with Crippen molar-refractivity contribution in [1.82, 2.24) is 0 Å². The monoisotopic (exact) mass is 300 g/mol. The highest BCUT2D eigenvalue weighted by atomic mass is 35.5. The molecular formula is C11H9ClN2O6. The van der Waals surface area contributed by atoms with Gasteiger partial charge in [0, 0.05) is 12.1 Å². The molecule has 8 nitrogen and oxygen atoms in total. The number of hydrogen-bond acceptors (Lipinski definition) is 7. The lowest BCUT2D eigenvalue weighted by Gasteiger charge is -2.04. The van der Waals surface area contributed by atoms with Crippen LogP contribution in [0.3, 0.4) is 0 Å². The number of non-ortho nitro benzene ring substituents is 1. The van der Waals surface area contributed by atoms with E-state index in [1.54, 1.807) is 0 Å². The molecule has 0 unspecified atom stereocenters. The van der Waals surface area contributed by atoms with Gasteiger partial charge in [0.1, 0.15) is 12.4 Å². The second-order valence-electron chi connectivity index (χ2n) is 3.52. The summed E-state index contributed by atoms with van der Waals surface area (Å²) < 4.78 is 4.73. The van der Waals surface area contributed by atoms with E-state index in [4.69, 9.17) is 21.4 Å². The number of nitro benzene ring substituents is 1. The van der Waals surface area contributed by atoms with Gasteiger partial charge in [0.05, 0.1) is 10.8 Å². The Kier molecular flexibility index (Phi) is 5.60. The molecule has 0 aromatic heterocycles. The molecule has 0 saturated carbocycles. The molecule has 0 aliphatic rings. The van der Waals surface area contributed by atoms with Crippen LogP contribution in [0.1, 0.15) is 5.56 Å². The molecule has 0 spiro atoms. The summed E-state index contributed by atoms with van der Waals surface area (Å²) in [5.74, 6) is -2.26. The SMILES string of the molecule is O=NC(C(=O)OCc1ccc([N+](=O)[O-])cc1)=C(O)CCl. The molecule has 1 N–H and O–H groups in total. The molecule has 0 saturated heterocycles. The number of rotatable bonds is 6. The van der Waals surface area contributed by atoms with E-state index in [2.05, 4.69) is 5.18 Å². The highest BCUT2D eigenvalue weighted by molar-refractivity contribution is 6.19. The number of nitroso groups, excluding NO2 is 1. The summed E-state index contributed by atoms with van der Waals surface area (Å²) in [6.45, 7) is -0.231. The lowest BCUT2D eigenvalue weighted by atomic mass is 10.2. The first-order valence-electron chi connectivity index (χ1n) is 5.21. The van der Waals surface area contributed by atoms with Crippen molar-refractivity contribution in [2.24, 2.45) is 5.18 Å². The average molecular weight is 301 g/mol. The van der Waals surface area contributed by atoms with Gasteiger partial charge in [0.25, 0.3) is 5.69 Å². The van der Waals surface area contributed by atoms with E-state index in [-0.39, 0.29) is 12.3 Å². The molecule has 1 aromatic rings. The number of carbonyl (C=O) groups excluding carboxylic acids is 1. The Labute approximate surface area is 117 Å². The van der Waals surface area contributed by atoms with Gasteiger partial charge in [-0.3, -0.25) is 10.1 Å². The maximum atomic E-state index is 11.4. The molecule has 0 aliphatic heterocycles. The molecule has 0 atom stereocenters. The van der Waals surface area contributed by atoms with Gasteiger partial charge >= 0.3 is 5.97 Å². The van der Waals surface area contributed by atoms with Crippen molar-refractivity contribution in [1.29, 1.82) is 0 Å². The Hall–Kier alpha value is -2.48. The highest BCUT2D eigenvalue weighted by Crippen LogP contribution is 2.14. The van der Waals surface area contributed by atoms with Crippen LogP contribution in [0.5, 0.6) is 0 Å². The minimum absolute atomic E-state index is 0.102. The minimum atomic E-state index is -1.13. The van der Waals surface area contributed by atoms with Gasteiger partial charge in [-0.15, -0.1) is 16.5 Å². The van der Waals surface area contributed by atoms with Crippen molar-refractivity contribution >= 4 is 23.3 Å². The molecule has 0 bridgehead atoms. The van der Waals surface area contributed by atoms with Crippen molar-refractivity contribution in [2.75, 3.05) is 5.88 Å². The number of nitrogens with zero attached hydrogens (tertiary/aromatic N) is 2. The smallest absolute Gasteiger partial charge is 0.364 e. The van der Waals surface area contributed by atoms with Crippen molar-refractivity contribution in [2.45, 2.75) is 6.61 Å². The van der Waals surface area contributed by atoms with Crippen LogP contribution in [0.4, 0.5) is 5.69 Å². The van der Waals surface area contributed by atoms with E-state index in [1.807, 2.05) is 0 Å². The maximum Gasteiger partial charge on any atom is 0.364 e. The third kappa shape index (κ3) is 4.02. The fraction of sp³-hybridized carbons (Fsp3) is 0.182. The van der Waals surface area contributed by atoms with Crippen LogP contribution in [-0.4, -0.2) is 21.9 Å². The third-order valence-corrected chi connectivity index (χ3v) is 2.45.